The number of ether oxygens (including phenoxy) is 1. The van der Waals surface area contributed by atoms with Crippen LogP contribution in [0.3, 0.4) is 0 Å². The summed E-state index contributed by atoms with van der Waals surface area (Å²) in [5, 5.41) is 20.9. The van der Waals surface area contributed by atoms with Gasteiger partial charge >= 0.3 is 13.6 Å². The molecule has 0 aliphatic carbocycles. The first kappa shape index (κ1) is 28.7. The molecule has 2 aliphatic rings. The lowest BCUT2D eigenvalue weighted by Crippen LogP contribution is -2.58. The van der Waals surface area contributed by atoms with Crippen LogP contribution in [0.4, 0.5) is 4.79 Å². The van der Waals surface area contributed by atoms with Crippen molar-refractivity contribution in [2.45, 2.75) is 37.6 Å². The van der Waals surface area contributed by atoms with Gasteiger partial charge in [0.15, 0.2) is 6.23 Å². The zero-order valence-electron chi connectivity index (χ0n) is 19.8. The maximum absolute atomic E-state index is 12.9. The van der Waals surface area contributed by atoms with Crippen LogP contribution in [0, 0.1) is 0 Å². The first-order chi connectivity index (χ1) is 14.9. The minimum absolute atomic E-state index is 0.290. The molecular weight excluding hydrogens is 499 g/mol. The molecule has 13 nitrogen and oxygen atoms in total. The van der Waals surface area contributed by atoms with Crippen molar-refractivity contribution in [1.82, 2.24) is 14.7 Å². The van der Waals surface area contributed by atoms with Crippen LogP contribution < -0.4 is 0 Å². The van der Waals surface area contributed by atoms with Gasteiger partial charge in [0, 0.05) is 33.2 Å². The maximum Gasteiger partial charge on any atom is 0.333 e. The quantitative estimate of drug-likeness (QED) is 0.365. The van der Waals surface area contributed by atoms with Crippen LogP contribution in [0.5, 0.6) is 0 Å². The number of carbonyl (C=O) groups is 1. The highest BCUT2D eigenvalue weighted by Gasteiger charge is 2.49. The number of aliphatic hydroxyl groups excluding tert-OH is 2. The lowest BCUT2D eigenvalue weighted by molar-refractivity contribution is -0.0715. The summed E-state index contributed by atoms with van der Waals surface area (Å²) >= 11 is 0. The average Bonchev–Trinajstić information content (AvgIpc) is 2.88. The highest BCUT2D eigenvalue weighted by molar-refractivity contribution is 7.78. The first-order valence-corrected chi connectivity index (χ1v) is 16.6. The van der Waals surface area contributed by atoms with Gasteiger partial charge in [0.05, 0.1) is 6.61 Å². The summed E-state index contributed by atoms with van der Waals surface area (Å²) in [6.45, 7) is 4.43. The van der Waals surface area contributed by atoms with Gasteiger partial charge in [-0.15, -0.1) is 0 Å². The Hall–Kier alpha value is -0.580. The average molecular weight is 533 g/mol. The van der Waals surface area contributed by atoms with Gasteiger partial charge in [0.2, 0.25) is 14.7 Å². The van der Waals surface area contributed by atoms with E-state index in [0.717, 1.165) is 25.6 Å². The highest BCUT2D eigenvalue weighted by Crippen LogP contribution is 2.65. The molecule has 2 amide bonds. The Morgan fingerprint density at radius 1 is 1.15 bits per heavy atom. The topological polar surface area (TPSA) is 166 Å². The van der Waals surface area contributed by atoms with Crippen LogP contribution in [-0.2, 0) is 27.3 Å². The minimum atomic E-state index is -3.98. The molecule has 1 fully saturated rings. The van der Waals surface area contributed by atoms with E-state index in [1.807, 2.05) is 25.9 Å². The smallest absolute Gasteiger partial charge is 0.333 e. The highest BCUT2D eigenvalue weighted by atomic mass is 31.3. The fraction of sp³-hybridized carbons (Fsp3) is 0.824. The molecule has 0 aromatic carbocycles. The third-order valence-electron chi connectivity index (χ3n) is 5.05. The minimum Gasteiger partial charge on any atom is -0.387 e. The summed E-state index contributed by atoms with van der Waals surface area (Å²) < 4.78 is 52.4. The Morgan fingerprint density at radius 2 is 1.73 bits per heavy atom. The zero-order chi connectivity index (χ0) is 25.5. The predicted octanol–water partition coefficient (Wildman–Crippen LogP) is 1.21. The third kappa shape index (κ3) is 7.21. The van der Waals surface area contributed by atoms with Gasteiger partial charge in [-0.05, 0) is 26.6 Å². The fourth-order valence-electron chi connectivity index (χ4n) is 4.01. The molecule has 0 spiro atoms. The van der Waals surface area contributed by atoms with Crippen molar-refractivity contribution < 1.29 is 47.2 Å². The molecule has 0 aromatic heterocycles. The molecule has 2 heterocycles. The van der Waals surface area contributed by atoms with Crippen molar-refractivity contribution >= 4 is 28.4 Å². The number of likely N-dealkylation sites (N-methyl/N-ethyl adjacent to an activating group) is 2. The van der Waals surface area contributed by atoms with Crippen LogP contribution in [0.25, 0.3) is 0 Å². The van der Waals surface area contributed by atoms with Gasteiger partial charge in [-0.1, -0.05) is 0 Å². The Morgan fingerprint density at radius 3 is 2.24 bits per heavy atom. The van der Waals surface area contributed by atoms with Crippen LogP contribution >= 0.6 is 22.3 Å². The van der Waals surface area contributed by atoms with Gasteiger partial charge in [0.25, 0.3) is 0 Å². The Balaban J connectivity index is 2.09. The van der Waals surface area contributed by atoms with E-state index >= 15 is 0 Å². The van der Waals surface area contributed by atoms with Crippen LogP contribution in [-0.4, -0.2) is 120 Å². The van der Waals surface area contributed by atoms with Crippen LogP contribution in [0.1, 0.15) is 6.92 Å². The molecule has 33 heavy (non-hydrogen) atoms. The third-order valence-corrected chi connectivity index (χ3v) is 12.4. The molecule has 0 aromatic rings. The molecule has 2 aliphatic heterocycles. The molecule has 0 saturated carbocycles. The summed E-state index contributed by atoms with van der Waals surface area (Å²) in [7, 11) is -6.15. The molecule has 0 radical (unpaired) electrons. The number of rotatable bonds is 9. The van der Waals surface area contributed by atoms with Crippen LogP contribution in [0.2, 0.25) is 0 Å². The molecule has 0 bridgehead atoms. The van der Waals surface area contributed by atoms with E-state index < -0.39 is 65.4 Å². The zero-order valence-corrected chi connectivity index (χ0v) is 22.4. The molecule has 8 unspecified atom stereocenters. The van der Waals surface area contributed by atoms with Gasteiger partial charge in [0.1, 0.15) is 30.4 Å². The number of amides is 2. The maximum atomic E-state index is 12.9. The Labute approximate surface area is 193 Å². The molecule has 3 N–H and O–H groups in total. The van der Waals surface area contributed by atoms with Gasteiger partial charge < -0.3 is 29.3 Å². The SMILES string of the molecule is CC1=CN(C2OC(COP(C)(=O)OP(C)(=O)CP(C)(=O)O)C(O)C2O)C(=O)N(C)C1N(C)C. The van der Waals surface area contributed by atoms with E-state index in [-0.39, 0.29) is 6.17 Å². The molecule has 8 atom stereocenters. The van der Waals surface area contributed by atoms with E-state index in [4.69, 9.17) is 13.6 Å². The second kappa shape index (κ2) is 10.2. The van der Waals surface area contributed by atoms with E-state index in [9.17, 15) is 33.6 Å². The number of hydrogen-bond acceptors (Lipinski definition) is 10. The molecular formula is C17H34N3O10P3. The van der Waals surface area contributed by atoms with Crippen molar-refractivity contribution in [1.29, 1.82) is 0 Å². The lowest BCUT2D eigenvalue weighted by atomic mass is 10.1. The summed E-state index contributed by atoms with van der Waals surface area (Å²) in [6, 6.07) is -0.457. The first-order valence-electron chi connectivity index (χ1n) is 10.1. The summed E-state index contributed by atoms with van der Waals surface area (Å²) in [5.41, 5.74) is 0.800. The van der Waals surface area contributed by atoms with E-state index in [0.29, 0.717) is 0 Å². The normalized spacial score (nSPS) is 34.1. The molecule has 192 valence electrons. The summed E-state index contributed by atoms with van der Waals surface area (Å²) in [4.78, 5) is 26.8. The number of hydrogen-bond donors (Lipinski definition) is 3. The predicted molar refractivity (Wildman–Crippen MR) is 122 cm³/mol. The monoisotopic (exact) mass is 533 g/mol. The summed E-state index contributed by atoms with van der Waals surface area (Å²) in [5.74, 6) is -0.672. The van der Waals surface area contributed by atoms with Crippen LogP contribution in [0.15, 0.2) is 11.8 Å². The van der Waals surface area contributed by atoms with E-state index in [1.165, 1.54) is 16.0 Å². The fourth-order valence-corrected chi connectivity index (χ4v) is 11.6. The lowest BCUT2D eigenvalue weighted by Gasteiger charge is -2.42. The van der Waals surface area contributed by atoms with E-state index in [1.54, 1.807) is 7.05 Å². The van der Waals surface area contributed by atoms with Crippen molar-refractivity contribution in [2.75, 3.05) is 53.6 Å². The van der Waals surface area contributed by atoms with E-state index in [2.05, 4.69) is 0 Å². The standard InChI is InChI=1S/C17H34N3O10P3/c1-11-8-20(17(23)19(4)15(11)18(2)3)16-14(22)13(21)12(29-16)9-28-33(7,27)30-32(6,26)10-31(5,24)25/h8,12-16,21-22H,9-10H2,1-7H3,(H,24,25). The second-order valence-electron chi connectivity index (χ2n) is 8.91. The largest absolute Gasteiger partial charge is 0.387 e. The van der Waals surface area contributed by atoms with Gasteiger partial charge in [-0.2, -0.15) is 0 Å². The molecule has 2 rings (SSSR count). The summed E-state index contributed by atoms with van der Waals surface area (Å²) in [6.07, 6.45) is -4.11. The number of nitrogens with zero attached hydrogens (tertiary/aromatic N) is 3. The Kier molecular flexibility index (Phi) is 8.85. The second-order valence-corrected chi connectivity index (χ2v) is 16.6. The molecule has 16 heteroatoms. The molecule has 1 saturated heterocycles. The Bertz CT molecular complexity index is 922. The van der Waals surface area contributed by atoms with Gasteiger partial charge in [-0.3, -0.25) is 27.8 Å². The van der Waals surface area contributed by atoms with Crippen molar-refractivity contribution in [2.24, 2.45) is 0 Å². The van der Waals surface area contributed by atoms with Crippen molar-refractivity contribution in [3.8, 4) is 0 Å². The van der Waals surface area contributed by atoms with Crippen molar-refractivity contribution in [3.05, 3.63) is 11.8 Å². The number of carbonyl (C=O) groups excluding carboxylic acids is 1. The number of urea groups is 1. The van der Waals surface area contributed by atoms with Crippen molar-refractivity contribution in [3.63, 3.8) is 0 Å². The number of aliphatic hydroxyl groups is 2. The van der Waals surface area contributed by atoms with Gasteiger partial charge in [-0.25, -0.2) is 4.79 Å².